The van der Waals surface area contributed by atoms with Crippen molar-refractivity contribution in [2.45, 2.75) is 37.3 Å². The standard InChI is InChI=1S/C12H16OSe/c1-10-7-8-11(13-10)9-14-12-5-3-2-4-6-12/h2-6,10-11H,7-9H2,1H3/t10-,11-/m1/s1. The number of hydrogen-bond donors (Lipinski definition) is 0. The Kier molecular flexibility index (Phi) is 3.63. The molecule has 0 saturated carbocycles. The Labute approximate surface area is 92.0 Å². The molecule has 0 spiro atoms. The molecule has 14 heavy (non-hydrogen) atoms. The maximum absolute atomic E-state index is 5.80. The van der Waals surface area contributed by atoms with Crippen LogP contribution in [0.2, 0.25) is 5.32 Å². The summed E-state index contributed by atoms with van der Waals surface area (Å²) in [5.74, 6) is 0. The number of hydrogen-bond acceptors (Lipinski definition) is 1. The monoisotopic (exact) mass is 256 g/mol. The minimum absolute atomic E-state index is 0.492. The van der Waals surface area contributed by atoms with Crippen LogP contribution in [0.25, 0.3) is 0 Å². The van der Waals surface area contributed by atoms with Gasteiger partial charge in [0.15, 0.2) is 0 Å². The van der Waals surface area contributed by atoms with Crippen molar-refractivity contribution in [2.75, 3.05) is 0 Å². The van der Waals surface area contributed by atoms with Gasteiger partial charge < -0.3 is 0 Å². The van der Waals surface area contributed by atoms with Crippen LogP contribution in [0.3, 0.4) is 0 Å². The third-order valence-electron chi connectivity index (χ3n) is 2.50. The molecular weight excluding hydrogens is 239 g/mol. The molecule has 0 amide bonds. The van der Waals surface area contributed by atoms with Gasteiger partial charge in [0.05, 0.1) is 0 Å². The van der Waals surface area contributed by atoms with Crippen LogP contribution in [-0.4, -0.2) is 27.2 Å². The van der Waals surface area contributed by atoms with E-state index in [-0.39, 0.29) is 0 Å². The Balaban J connectivity index is 1.78. The normalized spacial score (nSPS) is 26.6. The fourth-order valence-corrected chi connectivity index (χ4v) is 3.76. The van der Waals surface area contributed by atoms with E-state index in [2.05, 4.69) is 37.3 Å². The van der Waals surface area contributed by atoms with Crippen molar-refractivity contribution in [2.24, 2.45) is 0 Å². The van der Waals surface area contributed by atoms with E-state index in [1.807, 2.05) is 0 Å². The predicted molar refractivity (Wildman–Crippen MR) is 60.2 cm³/mol. The summed E-state index contributed by atoms with van der Waals surface area (Å²) in [7, 11) is 0. The number of ether oxygens (including phenoxy) is 1. The summed E-state index contributed by atoms with van der Waals surface area (Å²) in [6, 6.07) is 10.8. The number of benzene rings is 1. The SMILES string of the molecule is C[C@@H]1CC[C@H](C[Se]c2ccccc2)O1. The first-order chi connectivity index (χ1) is 6.84. The van der Waals surface area contributed by atoms with E-state index in [9.17, 15) is 0 Å². The van der Waals surface area contributed by atoms with Gasteiger partial charge in [0.2, 0.25) is 0 Å². The average molecular weight is 255 g/mol. The Bertz CT molecular complexity index is 273. The van der Waals surface area contributed by atoms with Gasteiger partial charge in [0.1, 0.15) is 0 Å². The van der Waals surface area contributed by atoms with Crippen LogP contribution in [0.4, 0.5) is 0 Å². The zero-order chi connectivity index (χ0) is 9.80. The zero-order valence-corrected chi connectivity index (χ0v) is 10.2. The number of rotatable bonds is 3. The third-order valence-corrected chi connectivity index (χ3v) is 4.90. The van der Waals surface area contributed by atoms with Crippen LogP contribution in [0, 0.1) is 0 Å². The summed E-state index contributed by atoms with van der Waals surface area (Å²) in [5, 5.41) is 1.24. The van der Waals surface area contributed by atoms with E-state index < -0.39 is 0 Å². The van der Waals surface area contributed by atoms with E-state index in [1.54, 1.807) is 0 Å². The Morgan fingerprint density at radius 1 is 1.29 bits per heavy atom. The fraction of sp³-hybridized carbons (Fsp3) is 0.500. The van der Waals surface area contributed by atoms with Crippen molar-refractivity contribution in [3.8, 4) is 0 Å². The van der Waals surface area contributed by atoms with Gasteiger partial charge in [0, 0.05) is 0 Å². The van der Waals surface area contributed by atoms with Crippen LogP contribution in [-0.2, 0) is 4.74 Å². The summed E-state index contributed by atoms with van der Waals surface area (Å²) in [5.41, 5.74) is 0. The zero-order valence-electron chi connectivity index (χ0n) is 8.48. The second-order valence-electron chi connectivity index (χ2n) is 3.77. The van der Waals surface area contributed by atoms with Crippen molar-refractivity contribution in [3.05, 3.63) is 30.3 Å². The van der Waals surface area contributed by atoms with Crippen molar-refractivity contribution >= 4 is 19.4 Å². The molecule has 1 aromatic carbocycles. The van der Waals surface area contributed by atoms with E-state index in [1.165, 1.54) is 22.6 Å². The summed E-state index contributed by atoms with van der Waals surface area (Å²) >= 11 is 0.593. The molecule has 1 aliphatic rings. The van der Waals surface area contributed by atoms with Crippen molar-refractivity contribution in [1.29, 1.82) is 0 Å². The Hall–Kier alpha value is -0.301. The molecule has 0 radical (unpaired) electrons. The summed E-state index contributed by atoms with van der Waals surface area (Å²) in [4.78, 5) is 0. The van der Waals surface area contributed by atoms with Gasteiger partial charge in [-0.2, -0.15) is 0 Å². The first-order valence-corrected chi connectivity index (χ1v) is 7.24. The Morgan fingerprint density at radius 3 is 2.71 bits per heavy atom. The van der Waals surface area contributed by atoms with Crippen LogP contribution >= 0.6 is 0 Å². The van der Waals surface area contributed by atoms with E-state index in [0.29, 0.717) is 27.2 Å². The Morgan fingerprint density at radius 2 is 2.07 bits per heavy atom. The molecule has 1 aliphatic heterocycles. The molecule has 76 valence electrons. The van der Waals surface area contributed by atoms with Crippen LogP contribution < -0.4 is 4.46 Å². The third kappa shape index (κ3) is 2.84. The second kappa shape index (κ2) is 4.97. The molecular formula is C12H16OSe. The van der Waals surface area contributed by atoms with Gasteiger partial charge in [-0.15, -0.1) is 0 Å². The molecule has 1 aromatic rings. The quantitative estimate of drug-likeness (QED) is 0.751. The molecule has 0 bridgehead atoms. The van der Waals surface area contributed by atoms with Gasteiger partial charge in [-0.3, -0.25) is 0 Å². The van der Waals surface area contributed by atoms with Crippen LogP contribution in [0.15, 0.2) is 30.3 Å². The van der Waals surface area contributed by atoms with Gasteiger partial charge >= 0.3 is 91.8 Å². The topological polar surface area (TPSA) is 9.23 Å². The molecule has 2 rings (SSSR count). The van der Waals surface area contributed by atoms with Gasteiger partial charge in [-0.1, -0.05) is 0 Å². The molecule has 2 heteroatoms. The van der Waals surface area contributed by atoms with E-state index in [4.69, 9.17) is 4.74 Å². The molecule has 1 nitrogen and oxygen atoms in total. The second-order valence-corrected chi connectivity index (χ2v) is 6.06. The predicted octanol–water partition coefficient (Wildman–Crippen LogP) is 2.00. The van der Waals surface area contributed by atoms with Crippen LogP contribution in [0.1, 0.15) is 19.8 Å². The minimum atomic E-state index is 0.492. The molecule has 0 aliphatic carbocycles. The van der Waals surface area contributed by atoms with E-state index in [0.717, 1.165) is 0 Å². The summed E-state index contributed by atoms with van der Waals surface area (Å²) < 4.78 is 7.29. The molecule has 0 aromatic heterocycles. The fourth-order valence-electron chi connectivity index (χ4n) is 1.71. The van der Waals surface area contributed by atoms with Gasteiger partial charge in [0.25, 0.3) is 0 Å². The first-order valence-electron chi connectivity index (χ1n) is 5.18. The molecule has 0 N–H and O–H groups in total. The average Bonchev–Trinajstić information content (AvgIpc) is 2.63. The summed E-state index contributed by atoms with van der Waals surface area (Å²) in [6.45, 7) is 2.18. The first kappa shape index (κ1) is 10.2. The molecule has 1 heterocycles. The molecule has 0 unspecified atom stereocenters. The van der Waals surface area contributed by atoms with Gasteiger partial charge in [-0.05, 0) is 0 Å². The van der Waals surface area contributed by atoms with Crippen molar-refractivity contribution < 1.29 is 4.74 Å². The molecule has 2 atom stereocenters. The molecule has 1 saturated heterocycles. The molecule has 1 fully saturated rings. The van der Waals surface area contributed by atoms with Gasteiger partial charge in [-0.25, -0.2) is 0 Å². The summed E-state index contributed by atoms with van der Waals surface area (Å²) in [6.07, 6.45) is 3.53. The van der Waals surface area contributed by atoms with Crippen molar-refractivity contribution in [1.82, 2.24) is 0 Å². The van der Waals surface area contributed by atoms with Crippen molar-refractivity contribution in [3.63, 3.8) is 0 Å². The maximum atomic E-state index is 5.80. The van der Waals surface area contributed by atoms with Crippen LogP contribution in [0.5, 0.6) is 0 Å². The van der Waals surface area contributed by atoms with E-state index >= 15 is 0 Å².